The Kier molecular flexibility index (Phi) is 3.73. The van der Waals surface area contributed by atoms with E-state index in [0.29, 0.717) is 5.92 Å². The van der Waals surface area contributed by atoms with E-state index in [4.69, 9.17) is 5.84 Å². The van der Waals surface area contributed by atoms with Crippen molar-refractivity contribution in [2.45, 2.75) is 51.6 Å². The molecule has 0 unspecified atom stereocenters. The number of nitrogens with one attached hydrogen (secondary N) is 1. The maximum absolute atomic E-state index is 13.6. The Labute approximate surface area is 119 Å². The molecule has 1 aromatic carbocycles. The number of anilines is 1. The van der Waals surface area contributed by atoms with Crippen LogP contribution in [0.2, 0.25) is 0 Å². The van der Waals surface area contributed by atoms with Crippen molar-refractivity contribution >= 4 is 11.6 Å². The minimum absolute atomic E-state index is 0.244. The summed E-state index contributed by atoms with van der Waals surface area (Å²) in [6, 6.07) is 4.33. The Balaban J connectivity index is 2.56. The molecule has 0 saturated carbocycles. The van der Waals surface area contributed by atoms with Gasteiger partial charge in [0.2, 0.25) is 0 Å². The van der Waals surface area contributed by atoms with E-state index in [1.54, 1.807) is 6.92 Å². The van der Waals surface area contributed by atoms with E-state index in [9.17, 15) is 9.18 Å². The Hall–Kier alpha value is -1.62. The highest BCUT2D eigenvalue weighted by Gasteiger charge is 2.40. The summed E-state index contributed by atoms with van der Waals surface area (Å²) in [6.07, 6.45) is 0.897. The van der Waals surface area contributed by atoms with Crippen molar-refractivity contribution in [1.29, 1.82) is 0 Å². The highest BCUT2D eigenvalue weighted by molar-refractivity contribution is 5.85. The van der Waals surface area contributed by atoms with Gasteiger partial charge in [-0.25, -0.2) is 10.2 Å². The number of benzene rings is 1. The lowest BCUT2D eigenvalue weighted by Gasteiger charge is -2.49. The molecule has 0 radical (unpaired) electrons. The van der Waals surface area contributed by atoms with Crippen LogP contribution in [0.5, 0.6) is 0 Å². The molecule has 0 aromatic heterocycles. The summed E-state index contributed by atoms with van der Waals surface area (Å²) >= 11 is 0. The lowest BCUT2D eigenvalue weighted by Crippen LogP contribution is -2.58. The topological polar surface area (TPSA) is 58.4 Å². The SMILES string of the molecule is C[C@H](C(=O)NN)N1c2cc(F)ccc2[C@@H](C)CC1(C)C. The number of hydrogen-bond donors (Lipinski definition) is 2. The largest absolute Gasteiger partial charge is 0.354 e. The van der Waals surface area contributed by atoms with E-state index in [1.165, 1.54) is 12.1 Å². The van der Waals surface area contributed by atoms with Gasteiger partial charge in [-0.1, -0.05) is 13.0 Å². The van der Waals surface area contributed by atoms with E-state index in [-0.39, 0.29) is 17.3 Å². The predicted molar refractivity (Wildman–Crippen MR) is 77.8 cm³/mol. The molecule has 1 amide bonds. The summed E-state index contributed by atoms with van der Waals surface area (Å²) in [6.45, 7) is 8.05. The lowest BCUT2D eigenvalue weighted by molar-refractivity contribution is -0.122. The second kappa shape index (κ2) is 5.05. The van der Waals surface area contributed by atoms with E-state index < -0.39 is 6.04 Å². The summed E-state index contributed by atoms with van der Waals surface area (Å²) in [5.74, 6) is 5.00. The minimum Gasteiger partial charge on any atom is -0.354 e. The molecule has 0 fully saturated rings. The average Bonchev–Trinajstić information content (AvgIpc) is 2.35. The fraction of sp³-hybridized carbons (Fsp3) is 0.533. The summed E-state index contributed by atoms with van der Waals surface area (Å²) in [5.41, 5.74) is 3.79. The number of hydrogen-bond acceptors (Lipinski definition) is 3. The monoisotopic (exact) mass is 279 g/mol. The van der Waals surface area contributed by atoms with Crippen LogP contribution in [0.15, 0.2) is 18.2 Å². The number of amides is 1. The molecule has 5 heteroatoms. The van der Waals surface area contributed by atoms with Gasteiger partial charge in [0, 0.05) is 11.2 Å². The van der Waals surface area contributed by atoms with Crippen LogP contribution in [-0.2, 0) is 4.79 Å². The Morgan fingerprint density at radius 1 is 1.55 bits per heavy atom. The zero-order valence-electron chi connectivity index (χ0n) is 12.4. The van der Waals surface area contributed by atoms with Gasteiger partial charge in [0.25, 0.3) is 5.91 Å². The summed E-state index contributed by atoms with van der Waals surface area (Å²) < 4.78 is 13.6. The molecule has 110 valence electrons. The molecular weight excluding hydrogens is 257 g/mol. The van der Waals surface area contributed by atoms with Crippen molar-refractivity contribution in [2.24, 2.45) is 5.84 Å². The van der Waals surface area contributed by atoms with Crippen LogP contribution in [0.25, 0.3) is 0 Å². The first-order valence-corrected chi connectivity index (χ1v) is 6.87. The summed E-state index contributed by atoms with van der Waals surface area (Å²) in [4.78, 5) is 13.9. The molecule has 2 rings (SSSR count). The molecule has 1 aliphatic rings. The normalized spacial score (nSPS) is 22.1. The number of carbonyl (C=O) groups is 1. The zero-order valence-corrected chi connectivity index (χ0v) is 12.4. The van der Waals surface area contributed by atoms with Gasteiger partial charge < -0.3 is 4.90 Å². The second-order valence-electron chi connectivity index (χ2n) is 6.18. The first-order chi connectivity index (χ1) is 9.27. The van der Waals surface area contributed by atoms with Crippen LogP contribution in [0.1, 0.15) is 45.6 Å². The first-order valence-electron chi connectivity index (χ1n) is 6.87. The number of carbonyl (C=O) groups excluding carboxylic acids is 1. The fourth-order valence-corrected chi connectivity index (χ4v) is 3.40. The molecule has 3 N–H and O–H groups in total. The molecule has 0 spiro atoms. The first kappa shape index (κ1) is 14.8. The maximum atomic E-state index is 13.6. The number of rotatable bonds is 2. The van der Waals surface area contributed by atoms with Crippen molar-refractivity contribution in [1.82, 2.24) is 5.43 Å². The zero-order chi connectivity index (χ0) is 15.1. The highest BCUT2D eigenvalue weighted by atomic mass is 19.1. The molecule has 0 aliphatic carbocycles. The molecule has 2 atom stereocenters. The third-order valence-electron chi connectivity index (χ3n) is 4.15. The van der Waals surface area contributed by atoms with Crippen LogP contribution < -0.4 is 16.2 Å². The predicted octanol–water partition coefficient (Wildman–Crippen LogP) is 2.30. The quantitative estimate of drug-likeness (QED) is 0.496. The van der Waals surface area contributed by atoms with Crippen molar-refractivity contribution in [3.05, 3.63) is 29.6 Å². The molecule has 1 aliphatic heterocycles. The van der Waals surface area contributed by atoms with Crippen molar-refractivity contribution < 1.29 is 9.18 Å². The van der Waals surface area contributed by atoms with Gasteiger partial charge in [0.1, 0.15) is 11.9 Å². The van der Waals surface area contributed by atoms with Crippen LogP contribution in [-0.4, -0.2) is 17.5 Å². The Morgan fingerprint density at radius 3 is 2.80 bits per heavy atom. The molecule has 0 bridgehead atoms. The summed E-state index contributed by atoms with van der Waals surface area (Å²) in [5, 5.41) is 0. The molecule has 1 aromatic rings. The van der Waals surface area contributed by atoms with Crippen molar-refractivity contribution in [3.63, 3.8) is 0 Å². The van der Waals surface area contributed by atoms with Gasteiger partial charge in [-0.05, 0) is 50.8 Å². The van der Waals surface area contributed by atoms with Gasteiger partial charge in [-0.15, -0.1) is 0 Å². The third-order valence-corrected chi connectivity index (χ3v) is 4.15. The van der Waals surface area contributed by atoms with E-state index in [2.05, 4.69) is 26.2 Å². The van der Waals surface area contributed by atoms with Crippen LogP contribution in [0, 0.1) is 5.82 Å². The third kappa shape index (κ3) is 2.38. The average molecular weight is 279 g/mol. The Bertz CT molecular complexity index is 530. The minimum atomic E-state index is -0.456. The van der Waals surface area contributed by atoms with Crippen LogP contribution in [0.3, 0.4) is 0 Å². The molecule has 4 nitrogen and oxygen atoms in total. The highest BCUT2D eigenvalue weighted by Crippen LogP contribution is 2.44. The van der Waals surface area contributed by atoms with E-state index >= 15 is 0 Å². The number of hydrazine groups is 1. The standard InChI is InChI=1S/C15H22FN3O/c1-9-8-15(3,4)19(10(2)14(20)18-17)13-7-11(16)5-6-12(9)13/h5-7,9-10H,8,17H2,1-4H3,(H,18,20)/t9-,10+/m0/s1. The van der Waals surface area contributed by atoms with Crippen molar-refractivity contribution in [3.8, 4) is 0 Å². The molecule has 1 heterocycles. The fourth-order valence-electron chi connectivity index (χ4n) is 3.40. The number of halogens is 1. The smallest absolute Gasteiger partial charge is 0.256 e. The molecule has 0 saturated heterocycles. The van der Waals surface area contributed by atoms with Crippen LogP contribution in [0.4, 0.5) is 10.1 Å². The van der Waals surface area contributed by atoms with Crippen LogP contribution >= 0.6 is 0 Å². The van der Waals surface area contributed by atoms with Gasteiger partial charge >= 0.3 is 0 Å². The van der Waals surface area contributed by atoms with Gasteiger partial charge in [0.05, 0.1) is 0 Å². The number of fused-ring (bicyclic) bond motifs is 1. The number of nitrogens with two attached hydrogens (primary N) is 1. The van der Waals surface area contributed by atoms with E-state index in [1.807, 2.05) is 11.0 Å². The lowest BCUT2D eigenvalue weighted by atomic mass is 9.79. The Morgan fingerprint density at radius 2 is 2.20 bits per heavy atom. The maximum Gasteiger partial charge on any atom is 0.256 e. The van der Waals surface area contributed by atoms with Crippen molar-refractivity contribution in [2.75, 3.05) is 4.90 Å². The van der Waals surface area contributed by atoms with Gasteiger partial charge in [-0.3, -0.25) is 10.2 Å². The van der Waals surface area contributed by atoms with Gasteiger partial charge in [-0.2, -0.15) is 0 Å². The molecular formula is C15H22FN3O. The number of nitrogens with zero attached hydrogens (tertiary/aromatic N) is 1. The van der Waals surface area contributed by atoms with Gasteiger partial charge in [0.15, 0.2) is 0 Å². The second-order valence-corrected chi connectivity index (χ2v) is 6.18. The summed E-state index contributed by atoms with van der Waals surface area (Å²) in [7, 11) is 0. The molecule has 20 heavy (non-hydrogen) atoms. The van der Waals surface area contributed by atoms with E-state index in [0.717, 1.165) is 17.7 Å².